The summed E-state index contributed by atoms with van der Waals surface area (Å²) in [6.45, 7) is 3.68. The van der Waals surface area contributed by atoms with E-state index in [4.69, 9.17) is 4.74 Å². The molecule has 0 radical (unpaired) electrons. The number of benzene rings is 1. The first-order chi connectivity index (χ1) is 13.1. The first-order valence-corrected chi connectivity index (χ1v) is 9.56. The highest BCUT2D eigenvalue weighted by atomic mass is 32.1. The highest BCUT2D eigenvalue weighted by molar-refractivity contribution is 7.09. The molecule has 1 aromatic carbocycles. The summed E-state index contributed by atoms with van der Waals surface area (Å²) in [5.74, 6) is 1.10. The SMILES string of the molecule is CCNC(=NCC(O)COc1ccc([N+](=O)[O-])cc1)NCCc1cccs1. The Balaban J connectivity index is 1.75. The van der Waals surface area contributed by atoms with Gasteiger partial charge < -0.3 is 20.5 Å². The van der Waals surface area contributed by atoms with E-state index in [2.05, 4.69) is 27.1 Å². The second-order valence-corrected chi connectivity index (χ2v) is 6.72. The van der Waals surface area contributed by atoms with Gasteiger partial charge in [0.2, 0.25) is 0 Å². The van der Waals surface area contributed by atoms with Gasteiger partial charge in [-0.2, -0.15) is 0 Å². The monoisotopic (exact) mass is 392 g/mol. The first kappa shape index (κ1) is 20.7. The molecule has 8 nitrogen and oxygen atoms in total. The molecular weight excluding hydrogens is 368 g/mol. The van der Waals surface area contributed by atoms with Crippen LogP contribution >= 0.6 is 11.3 Å². The molecular formula is C18H24N4O4S. The minimum atomic E-state index is -0.784. The Kier molecular flexibility index (Phi) is 8.53. The number of ether oxygens (including phenoxy) is 1. The van der Waals surface area contributed by atoms with Crippen LogP contribution in [0.5, 0.6) is 5.75 Å². The van der Waals surface area contributed by atoms with Crippen molar-refractivity contribution in [1.29, 1.82) is 0 Å². The Morgan fingerprint density at radius 1 is 1.33 bits per heavy atom. The average molecular weight is 392 g/mol. The largest absolute Gasteiger partial charge is 0.491 e. The number of nitrogens with zero attached hydrogens (tertiary/aromatic N) is 2. The fourth-order valence-electron chi connectivity index (χ4n) is 2.21. The highest BCUT2D eigenvalue weighted by Gasteiger charge is 2.08. The number of thiophene rings is 1. The second-order valence-electron chi connectivity index (χ2n) is 5.69. The van der Waals surface area contributed by atoms with Gasteiger partial charge in [-0.15, -0.1) is 11.3 Å². The van der Waals surface area contributed by atoms with E-state index in [9.17, 15) is 15.2 Å². The molecule has 27 heavy (non-hydrogen) atoms. The van der Waals surface area contributed by atoms with E-state index in [1.807, 2.05) is 13.0 Å². The number of hydrogen-bond donors (Lipinski definition) is 3. The van der Waals surface area contributed by atoms with Gasteiger partial charge in [0.05, 0.1) is 11.5 Å². The fraction of sp³-hybridized carbons (Fsp3) is 0.389. The third kappa shape index (κ3) is 7.63. The molecule has 2 aromatic rings. The van der Waals surface area contributed by atoms with Crippen molar-refractivity contribution < 1.29 is 14.8 Å². The Labute approximate surface area is 162 Å². The van der Waals surface area contributed by atoms with Crippen LogP contribution in [0.25, 0.3) is 0 Å². The molecule has 0 fully saturated rings. The summed E-state index contributed by atoms with van der Waals surface area (Å²) >= 11 is 1.72. The predicted octanol–water partition coefficient (Wildman–Crippen LogP) is 2.19. The van der Waals surface area contributed by atoms with Gasteiger partial charge in [0.25, 0.3) is 5.69 Å². The van der Waals surface area contributed by atoms with Gasteiger partial charge in [0, 0.05) is 30.1 Å². The highest BCUT2D eigenvalue weighted by Crippen LogP contribution is 2.17. The molecule has 0 bridgehead atoms. The van der Waals surface area contributed by atoms with E-state index in [0.717, 1.165) is 19.5 Å². The normalized spacial score (nSPS) is 12.4. The number of hydrogen-bond acceptors (Lipinski definition) is 6. The topological polar surface area (TPSA) is 109 Å². The lowest BCUT2D eigenvalue weighted by atomic mass is 10.3. The quantitative estimate of drug-likeness (QED) is 0.248. The van der Waals surface area contributed by atoms with Crippen molar-refractivity contribution >= 4 is 23.0 Å². The van der Waals surface area contributed by atoms with Gasteiger partial charge in [0.1, 0.15) is 18.5 Å². The van der Waals surface area contributed by atoms with Crippen LogP contribution in [0.15, 0.2) is 46.8 Å². The fourth-order valence-corrected chi connectivity index (χ4v) is 2.92. The number of aliphatic hydroxyl groups is 1. The molecule has 0 saturated heterocycles. The zero-order valence-corrected chi connectivity index (χ0v) is 15.9. The summed E-state index contributed by atoms with van der Waals surface area (Å²) in [6.07, 6.45) is 0.126. The predicted molar refractivity (Wildman–Crippen MR) is 107 cm³/mol. The Morgan fingerprint density at radius 2 is 2.11 bits per heavy atom. The van der Waals surface area contributed by atoms with Gasteiger partial charge >= 0.3 is 0 Å². The molecule has 0 amide bonds. The summed E-state index contributed by atoms with van der Waals surface area (Å²) in [7, 11) is 0. The van der Waals surface area contributed by atoms with E-state index < -0.39 is 11.0 Å². The number of nitro groups is 1. The van der Waals surface area contributed by atoms with Gasteiger partial charge in [-0.1, -0.05) is 6.07 Å². The summed E-state index contributed by atoms with van der Waals surface area (Å²) in [4.78, 5) is 15.8. The third-order valence-electron chi connectivity index (χ3n) is 3.54. The average Bonchev–Trinajstić information content (AvgIpc) is 3.18. The number of guanidine groups is 1. The van der Waals surface area contributed by atoms with Crippen LogP contribution in [0.4, 0.5) is 5.69 Å². The third-order valence-corrected chi connectivity index (χ3v) is 4.47. The van der Waals surface area contributed by atoms with Crippen molar-refractivity contribution in [3.63, 3.8) is 0 Å². The number of rotatable bonds is 10. The van der Waals surface area contributed by atoms with Crippen molar-refractivity contribution in [1.82, 2.24) is 10.6 Å². The minimum Gasteiger partial charge on any atom is -0.491 e. The number of nitro benzene ring substituents is 1. The standard InChI is InChI=1S/C18H24N4O4S/c1-2-19-18(20-10-9-17-4-3-11-27-17)21-12-15(23)13-26-16-7-5-14(6-8-16)22(24)25/h3-8,11,15,23H,2,9-10,12-13H2,1H3,(H2,19,20,21). The minimum absolute atomic E-state index is 0.00333. The van der Waals surface area contributed by atoms with Crippen LogP contribution in [-0.2, 0) is 6.42 Å². The van der Waals surface area contributed by atoms with Crippen LogP contribution in [0.2, 0.25) is 0 Å². The van der Waals surface area contributed by atoms with E-state index in [1.165, 1.54) is 29.1 Å². The maximum absolute atomic E-state index is 10.6. The first-order valence-electron chi connectivity index (χ1n) is 8.68. The van der Waals surface area contributed by atoms with E-state index in [-0.39, 0.29) is 18.8 Å². The zero-order chi connectivity index (χ0) is 19.5. The van der Waals surface area contributed by atoms with Crippen LogP contribution < -0.4 is 15.4 Å². The van der Waals surface area contributed by atoms with Crippen molar-refractivity contribution in [3.05, 3.63) is 56.8 Å². The molecule has 1 aromatic heterocycles. The molecule has 1 atom stereocenters. The lowest BCUT2D eigenvalue weighted by molar-refractivity contribution is -0.384. The molecule has 0 aliphatic carbocycles. The van der Waals surface area contributed by atoms with Crippen molar-refractivity contribution in [2.24, 2.45) is 4.99 Å². The maximum Gasteiger partial charge on any atom is 0.269 e. The molecule has 0 aliphatic rings. The number of aliphatic hydroxyl groups excluding tert-OH is 1. The molecule has 3 N–H and O–H groups in total. The molecule has 0 spiro atoms. The van der Waals surface area contributed by atoms with E-state index >= 15 is 0 Å². The number of aliphatic imine (C=N–C) groups is 1. The van der Waals surface area contributed by atoms with Crippen LogP contribution in [0.3, 0.4) is 0 Å². The van der Waals surface area contributed by atoms with Crippen molar-refractivity contribution in [2.75, 3.05) is 26.2 Å². The molecule has 2 rings (SSSR count). The Morgan fingerprint density at radius 3 is 2.74 bits per heavy atom. The molecule has 146 valence electrons. The van der Waals surface area contributed by atoms with Crippen molar-refractivity contribution in [3.8, 4) is 5.75 Å². The number of nitrogens with one attached hydrogen (secondary N) is 2. The van der Waals surface area contributed by atoms with Gasteiger partial charge in [-0.25, -0.2) is 0 Å². The maximum atomic E-state index is 10.6. The Hall–Kier alpha value is -2.65. The Bertz CT molecular complexity index is 719. The summed E-state index contributed by atoms with van der Waals surface area (Å²) in [5, 5.41) is 29.1. The second kappa shape index (κ2) is 11.1. The lowest BCUT2D eigenvalue weighted by Crippen LogP contribution is -2.39. The summed E-state index contributed by atoms with van der Waals surface area (Å²) in [5.41, 5.74) is -0.00333. The molecule has 9 heteroatoms. The van der Waals surface area contributed by atoms with Gasteiger partial charge in [0.15, 0.2) is 5.96 Å². The van der Waals surface area contributed by atoms with E-state index in [1.54, 1.807) is 11.3 Å². The molecule has 0 saturated carbocycles. The smallest absolute Gasteiger partial charge is 0.269 e. The van der Waals surface area contributed by atoms with E-state index in [0.29, 0.717) is 11.7 Å². The molecule has 1 unspecified atom stereocenters. The van der Waals surface area contributed by atoms with Crippen LogP contribution in [-0.4, -0.2) is 48.3 Å². The van der Waals surface area contributed by atoms with Crippen LogP contribution in [0, 0.1) is 10.1 Å². The summed E-state index contributed by atoms with van der Waals surface area (Å²) < 4.78 is 5.44. The van der Waals surface area contributed by atoms with Crippen LogP contribution in [0.1, 0.15) is 11.8 Å². The zero-order valence-electron chi connectivity index (χ0n) is 15.1. The van der Waals surface area contributed by atoms with Gasteiger partial charge in [-0.3, -0.25) is 15.1 Å². The molecule has 0 aliphatic heterocycles. The number of non-ortho nitro benzene ring substituents is 1. The lowest BCUT2D eigenvalue weighted by Gasteiger charge is -2.13. The van der Waals surface area contributed by atoms with Gasteiger partial charge in [-0.05, 0) is 36.9 Å². The summed E-state index contributed by atoms with van der Waals surface area (Å²) in [6, 6.07) is 9.85. The van der Waals surface area contributed by atoms with Crippen molar-refractivity contribution in [2.45, 2.75) is 19.4 Å². The molecule has 1 heterocycles.